The number of methoxy groups -OCH3 is 1. The highest BCUT2D eigenvalue weighted by molar-refractivity contribution is 7.91. The van der Waals surface area contributed by atoms with Crippen LogP contribution in [0.25, 0.3) is 0 Å². The molecule has 0 radical (unpaired) electrons. The number of aliphatic hydroxyl groups is 1. The molecular formula is C14H20O4S. The molecule has 0 bridgehead atoms. The SMILES string of the molecule is COc1ccc(CC(CO)C2CCS(=O)(=O)C2)cc1. The van der Waals surface area contributed by atoms with Crippen LogP contribution in [0, 0.1) is 11.8 Å². The van der Waals surface area contributed by atoms with Crippen LogP contribution in [0.1, 0.15) is 12.0 Å². The molecule has 1 N–H and O–H groups in total. The first-order valence-electron chi connectivity index (χ1n) is 6.48. The lowest BCUT2D eigenvalue weighted by Crippen LogP contribution is -2.22. The second kappa shape index (κ2) is 5.92. The zero-order valence-corrected chi connectivity index (χ0v) is 11.9. The summed E-state index contributed by atoms with van der Waals surface area (Å²) in [5, 5.41) is 9.50. The van der Waals surface area contributed by atoms with Crippen molar-refractivity contribution in [3.8, 4) is 5.75 Å². The molecule has 2 rings (SSSR count). The number of aliphatic hydroxyl groups excluding tert-OH is 1. The van der Waals surface area contributed by atoms with Crippen molar-refractivity contribution in [2.45, 2.75) is 12.8 Å². The lowest BCUT2D eigenvalue weighted by Gasteiger charge is -2.20. The van der Waals surface area contributed by atoms with Crippen molar-refractivity contribution in [3.63, 3.8) is 0 Å². The Bertz CT molecular complexity index is 507. The summed E-state index contributed by atoms with van der Waals surface area (Å²) in [4.78, 5) is 0. The molecular weight excluding hydrogens is 264 g/mol. The highest BCUT2D eigenvalue weighted by atomic mass is 32.2. The fourth-order valence-corrected chi connectivity index (χ4v) is 4.56. The van der Waals surface area contributed by atoms with E-state index in [1.54, 1.807) is 7.11 Å². The molecule has 106 valence electrons. The van der Waals surface area contributed by atoms with Crippen molar-refractivity contribution >= 4 is 9.84 Å². The van der Waals surface area contributed by atoms with Crippen LogP contribution in [0.2, 0.25) is 0 Å². The molecule has 4 nitrogen and oxygen atoms in total. The molecule has 2 atom stereocenters. The summed E-state index contributed by atoms with van der Waals surface area (Å²) in [6.45, 7) is 0.0339. The molecule has 0 amide bonds. The van der Waals surface area contributed by atoms with Crippen molar-refractivity contribution < 1.29 is 18.3 Å². The monoisotopic (exact) mass is 284 g/mol. The summed E-state index contributed by atoms with van der Waals surface area (Å²) in [6, 6.07) is 7.69. The lowest BCUT2D eigenvalue weighted by atomic mass is 9.87. The van der Waals surface area contributed by atoms with Crippen LogP contribution >= 0.6 is 0 Å². The molecule has 0 aromatic heterocycles. The Hall–Kier alpha value is -1.07. The summed E-state index contributed by atoms with van der Waals surface area (Å²) in [6.07, 6.45) is 1.38. The maximum Gasteiger partial charge on any atom is 0.150 e. The Labute approximate surface area is 114 Å². The molecule has 1 aliphatic rings. The van der Waals surface area contributed by atoms with Crippen molar-refractivity contribution in [3.05, 3.63) is 29.8 Å². The van der Waals surface area contributed by atoms with Gasteiger partial charge >= 0.3 is 0 Å². The highest BCUT2D eigenvalue weighted by Crippen LogP contribution is 2.28. The van der Waals surface area contributed by atoms with Gasteiger partial charge < -0.3 is 9.84 Å². The third-order valence-electron chi connectivity index (χ3n) is 3.83. The molecule has 0 spiro atoms. The lowest BCUT2D eigenvalue weighted by molar-refractivity contribution is 0.184. The second-order valence-electron chi connectivity index (χ2n) is 5.16. The topological polar surface area (TPSA) is 63.6 Å². The Kier molecular flexibility index (Phi) is 4.47. The Morgan fingerprint density at radius 1 is 1.37 bits per heavy atom. The third kappa shape index (κ3) is 3.70. The molecule has 1 aromatic carbocycles. The van der Waals surface area contributed by atoms with Gasteiger partial charge in [-0.1, -0.05) is 12.1 Å². The van der Waals surface area contributed by atoms with Gasteiger partial charge in [-0.05, 0) is 42.4 Å². The summed E-state index contributed by atoms with van der Waals surface area (Å²) >= 11 is 0. The van der Waals surface area contributed by atoms with E-state index in [2.05, 4.69) is 0 Å². The Morgan fingerprint density at radius 3 is 2.53 bits per heavy atom. The quantitative estimate of drug-likeness (QED) is 0.884. The predicted molar refractivity (Wildman–Crippen MR) is 74.0 cm³/mol. The first-order valence-corrected chi connectivity index (χ1v) is 8.30. The summed E-state index contributed by atoms with van der Waals surface area (Å²) < 4.78 is 28.1. The van der Waals surface area contributed by atoms with E-state index in [0.717, 1.165) is 11.3 Å². The van der Waals surface area contributed by atoms with Crippen molar-refractivity contribution in [2.75, 3.05) is 25.2 Å². The van der Waals surface area contributed by atoms with Crippen molar-refractivity contribution in [1.82, 2.24) is 0 Å². The first kappa shape index (κ1) is 14.3. The van der Waals surface area contributed by atoms with Crippen molar-refractivity contribution in [2.24, 2.45) is 11.8 Å². The van der Waals surface area contributed by atoms with E-state index in [4.69, 9.17) is 4.74 Å². The maximum atomic E-state index is 11.5. The minimum Gasteiger partial charge on any atom is -0.497 e. The molecule has 5 heteroatoms. The van der Waals surface area contributed by atoms with E-state index in [9.17, 15) is 13.5 Å². The standard InChI is InChI=1S/C14H20O4S/c1-18-14-4-2-11(3-5-14)8-13(9-15)12-6-7-19(16,17)10-12/h2-5,12-13,15H,6-10H2,1H3. The van der Waals surface area contributed by atoms with E-state index >= 15 is 0 Å². The van der Waals surface area contributed by atoms with Crippen LogP contribution in [-0.4, -0.2) is 38.7 Å². The molecule has 1 aromatic rings. The van der Waals surface area contributed by atoms with E-state index < -0.39 is 9.84 Å². The molecule has 1 saturated heterocycles. The van der Waals surface area contributed by atoms with E-state index in [-0.39, 0.29) is 29.9 Å². The van der Waals surface area contributed by atoms with Gasteiger partial charge in [-0.2, -0.15) is 0 Å². The van der Waals surface area contributed by atoms with Crippen LogP contribution in [-0.2, 0) is 16.3 Å². The van der Waals surface area contributed by atoms with Gasteiger partial charge in [0.1, 0.15) is 5.75 Å². The summed E-state index contributed by atoms with van der Waals surface area (Å²) in [5.41, 5.74) is 1.10. The van der Waals surface area contributed by atoms with Crippen LogP contribution in [0.4, 0.5) is 0 Å². The van der Waals surface area contributed by atoms with Crippen LogP contribution in [0.3, 0.4) is 0 Å². The minimum atomic E-state index is -2.88. The van der Waals surface area contributed by atoms with Gasteiger partial charge in [0, 0.05) is 6.61 Å². The Morgan fingerprint density at radius 2 is 2.05 bits per heavy atom. The number of rotatable bonds is 5. The molecule has 1 aliphatic heterocycles. The smallest absolute Gasteiger partial charge is 0.150 e. The molecule has 19 heavy (non-hydrogen) atoms. The van der Waals surface area contributed by atoms with Gasteiger partial charge in [0.15, 0.2) is 9.84 Å². The van der Waals surface area contributed by atoms with Crippen LogP contribution in [0.5, 0.6) is 5.75 Å². The number of benzene rings is 1. The van der Waals surface area contributed by atoms with E-state index in [1.165, 1.54) is 0 Å². The first-order chi connectivity index (χ1) is 9.04. The molecule has 1 fully saturated rings. The molecule has 0 saturated carbocycles. The largest absolute Gasteiger partial charge is 0.497 e. The van der Waals surface area contributed by atoms with Crippen LogP contribution in [0.15, 0.2) is 24.3 Å². The van der Waals surface area contributed by atoms with Gasteiger partial charge in [0.05, 0.1) is 18.6 Å². The number of sulfone groups is 1. The molecule has 1 heterocycles. The fourth-order valence-electron chi connectivity index (χ4n) is 2.64. The van der Waals surface area contributed by atoms with Gasteiger partial charge in [0.25, 0.3) is 0 Å². The average Bonchev–Trinajstić information content (AvgIpc) is 2.77. The summed E-state index contributed by atoms with van der Waals surface area (Å²) in [7, 11) is -1.26. The van der Waals surface area contributed by atoms with Crippen LogP contribution < -0.4 is 4.74 Å². The van der Waals surface area contributed by atoms with Crippen molar-refractivity contribution in [1.29, 1.82) is 0 Å². The van der Waals surface area contributed by atoms with Gasteiger partial charge in [0.2, 0.25) is 0 Å². The predicted octanol–water partition coefficient (Wildman–Crippen LogP) is 1.28. The normalized spacial score (nSPS) is 23.2. The average molecular weight is 284 g/mol. The number of hydrogen-bond acceptors (Lipinski definition) is 4. The molecule has 0 aliphatic carbocycles. The number of hydrogen-bond donors (Lipinski definition) is 1. The number of ether oxygens (including phenoxy) is 1. The van der Waals surface area contributed by atoms with Gasteiger partial charge in [-0.3, -0.25) is 0 Å². The highest BCUT2D eigenvalue weighted by Gasteiger charge is 2.33. The van der Waals surface area contributed by atoms with Gasteiger partial charge in [-0.15, -0.1) is 0 Å². The Balaban J connectivity index is 2.02. The zero-order chi connectivity index (χ0) is 13.9. The fraction of sp³-hybridized carbons (Fsp3) is 0.571. The molecule has 2 unspecified atom stereocenters. The third-order valence-corrected chi connectivity index (χ3v) is 5.62. The second-order valence-corrected chi connectivity index (χ2v) is 7.39. The minimum absolute atomic E-state index is 0.0191. The van der Waals surface area contributed by atoms with E-state index in [0.29, 0.717) is 12.8 Å². The summed E-state index contributed by atoms with van der Waals surface area (Å²) in [5.74, 6) is 1.38. The zero-order valence-electron chi connectivity index (χ0n) is 11.1. The van der Waals surface area contributed by atoms with Gasteiger partial charge in [-0.25, -0.2) is 8.42 Å². The van der Waals surface area contributed by atoms with E-state index in [1.807, 2.05) is 24.3 Å². The maximum absolute atomic E-state index is 11.5.